The number of nitrogens with one attached hydrogen (secondary N) is 1. The van der Waals surface area contributed by atoms with Crippen LogP contribution in [0, 0.1) is 10.8 Å². The largest absolute Gasteiger partial charge is 0.391 e. The summed E-state index contributed by atoms with van der Waals surface area (Å²) in [5.74, 6) is -0.321. The maximum Gasteiger partial charge on any atom is 0.248 e. The van der Waals surface area contributed by atoms with Gasteiger partial charge in [0.05, 0.1) is 19.8 Å². The minimum absolute atomic E-state index is 0.0372. The van der Waals surface area contributed by atoms with Crippen LogP contribution in [0.15, 0.2) is 12.2 Å². The Morgan fingerprint density at radius 1 is 1.26 bits per heavy atom. The predicted molar refractivity (Wildman–Crippen MR) is 76.7 cm³/mol. The zero-order chi connectivity index (χ0) is 15.1. The number of hydrogen-bond acceptors (Lipinski definition) is 4. The van der Waals surface area contributed by atoms with Gasteiger partial charge in [-0.15, -0.1) is 0 Å². The van der Waals surface area contributed by atoms with Crippen molar-refractivity contribution in [3.05, 3.63) is 12.2 Å². The van der Waals surface area contributed by atoms with Gasteiger partial charge in [-0.1, -0.05) is 34.3 Å². The van der Waals surface area contributed by atoms with Crippen LogP contribution in [-0.4, -0.2) is 43.9 Å². The molecule has 0 spiro atoms. The second-order valence-corrected chi connectivity index (χ2v) is 6.47. The third-order valence-corrected chi connectivity index (χ3v) is 2.78. The molecule has 5 heteroatoms. The normalized spacial score (nSPS) is 12.3. The lowest BCUT2D eigenvalue weighted by atomic mass is 9.93. The summed E-state index contributed by atoms with van der Waals surface area (Å²) in [7, 11) is 0. The van der Waals surface area contributed by atoms with Crippen molar-refractivity contribution in [3.63, 3.8) is 0 Å². The van der Waals surface area contributed by atoms with E-state index < -0.39 is 0 Å². The Morgan fingerprint density at radius 2 is 1.79 bits per heavy atom. The van der Waals surface area contributed by atoms with E-state index in [4.69, 9.17) is 15.6 Å². The van der Waals surface area contributed by atoms with Crippen LogP contribution in [0.25, 0.3) is 0 Å². The van der Waals surface area contributed by atoms with Gasteiger partial charge in [0, 0.05) is 22.9 Å². The predicted octanol–water partition coefficient (Wildman–Crippen LogP) is 0.679. The van der Waals surface area contributed by atoms with Gasteiger partial charge in [-0.05, 0) is 6.54 Å². The van der Waals surface area contributed by atoms with E-state index in [1.807, 2.05) is 27.7 Å². The number of aliphatic hydroxyl groups is 1. The minimum atomic E-state index is -0.326. The van der Waals surface area contributed by atoms with Crippen LogP contribution < -0.4 is 11.1 Å². The summed E-state index contributed by atoms with van der Waals surface area (Å²) in [4.78, 5) is 11.5. The Bertz CT molecular complexity index is 312. The summed E-state index contributed by atoms with van der Waals surface area (Å²) in [6, 6.07) is 0. The summed E-state index contributed by atoms with van der Waals surface area (Å²) >= 11 is 0. The van der Waals surface area contributed by atoms with Crippen molar-refractivity contribution in [1.82, 2.24) is 5.32 Å². The number of nitrogens with two attached hydrogens (primary N) is 1. The van der Waals surface area contributed by atoms with Crippen LogP contribution in [0.3, 0.4) is 0 Å². The van der Waals surface area contributed by atoms with E-state index in [0.717, 1.165) is 0 Å². The van der Waals surface area contributed by atoms with E-state index in [1.54, 1.807) is 0 Å². The number of carbonyl (C=O) groups is 1. The quantitative estimate of drug-likeness (QED) is 0.539. The van der Waals surface area contributed by atoms with Gasteiger partial charge in [0.15, 0.2) is 0 Å². The highest BCUT2D eigenvalue weighted by atomic mass is 16.5. The van der Waals surface area contributed by atoms with E-state index in [-0.39, 0.29) is 28.9 Å². The van der Waals surface area contributed by atoms with Crippen molar-refractivity contribution >= 4 is 5.91 Å². The van der Waals surface area contributed by atoms with Gasteiger partial charge in [0.25, 0.3) is 0 Å². The SMILES string of the molecule is C=C(CO)C(=O)NCC(C)(C)COCC(C)(C)CN. The summed E-state index contributed by atoms with van der Waals surface area (Å²) in [6.07, 6.45) is 0. The molecule has 0 saturated heterocycles. The first-order valence-corrected chi connectivity index (χ1v) is 6.48. The monoisotopic (exact) mass is 272 g/mol. The number of amides is 1. The van der Waals surface area contributed by atoms with Gasteiger partial charge in [0.1, 0.15) is 0 Å². The van der Waals surface area contributed by atoms with Crippen molar-refractivity contribution < 1.29 is 14.6 Å². The molecule has 1 amide bonds. The van der Waals surface area contributed by atoms with Crippen LogP contribution in [0.4, 0.5) is 0 Å². The lowest BCUT2D eigenvalue weighted by Gasteiger charge is -2.28. The zero-order valence-corrected chi connectivity index (χ0v) is 12.6. The number of rotatable bonds is 9. The highest BCUT2D eigenvalue weighted by Gasteiger charge is 2.22. The molecule has 0 aromatic rings. The second kappa shape index (κ2) is 7.62. The molecule has 4 N–H and O–H groups in total. The highest BCUT2D eigenvalue weighted by Crippen LogP contribution is 2.18. The van der Waals surface area contributed by atoms with Crippen LogP contribution >= 0.6 is 0 Å². The van der Waals surface area contributed by atoms with Crippen molar-refractivity contribution in [2.24, 2.45) is 16.6 Å². The van der Waals surface area contributed by atoms with E-state index in [0.29, 0.717) is 26.3 Å². The third-order valence-electron chi connectivity index (χ3n) is 2.78. The van der Waals surface area contributed by atoms with Gasteiger partial charge in [0.2, 0.25) is 5.91 Å². The summed E-state index contributed by atoms with van der Waals surface area (Å²) < 4.78 is 5.67. The Kier molecular flexibility index (Phi) is 7.26. The van der Waals surface area contributed by atoms with Gasteiger partial charge in [-0.25, -0.2) is 0 Å². The average molecular weight is 272 g/mol. The molecule has 0 aliphatic rings. The molecule has 0 fully saturated rings. The summed E-state index contributed by atoms with van der Waals surface area (Å²) in [6.45, 7) is 13.4. The molecule has 0 aromatic carbocycles. The lowest BCUT2D eigenvalue weighted by molar-refractivity contribution is -0.118. The number of aliphatic hydroxyl groups excluding tert-OH is 1. The van der Waals surface area contributed by atoms with Gasteiger partial charge in [-0.2, -0.15) is 0 Å². The first-order chi connectivity index (χ1) is 8.63. The van der Waals surface area contributed by atoms with Gasteiger partial charge in [-0.3, -0.25) is 4.79 Å². The van der Waals surface area contributed by atoms with Crippen LogP contribution in [0.5, 0.6) is 0 Å². The molecule has 0 heterocycles. The Labute approximate surface area is 116 Å². The van der Waals surface area contributed by atoms with E-state index in [2.05, 4.69) is 11.9 Å². The molecule has 19 heavy (non-hydrogen) atoms. The zero-order valence-electron chi connectivity index (χ0n) is 12.6. The molecular formula is C14H28N2O3. The maximum atomic E-state index is 11.5. The van der Waals surface area contributed by atoms with E-state index in [9.17, 15) is 4.79 Å². The molecule has 0 saturated carbocycles. The molecule has 0 rings (SSSR count). The molecular weight excluding hydrogens is 244 g/mol. The molecule has 0 aliphatic heterocycles. The second-order valence-electron chi connectivity index (χ2n) is 6.47. The maximum absolute atomic E-state index is 11.5. The third kappa shape index (κ3) is 7.97. The van der Waals surface area contributed by atoms with Crippen LogP contribution in [0.2, 0.25) is 0 Å². The van der Waals surface area contributed by atoms with Crippen LogP contribution in [-0.2, 0) is 9.53 Å². The number of ether oxygens (including phenoxy) is 1. The van der Waals surface area contributed by atoms with Gasteiger partial charge < -0.3 is 20.9 Å². The van der Waals surface area contributed by atoms with Crippen molar-refractivity contribution in [3.8, 4) is 0 Å². The topological polar surface area (TPSA) is 84.6 Å². The van der Waals surface area contributed by atoms with Crippen molar-refractivity contribution in [1.29, 1.82) is 0 Å². The van der Waals surface area contributed by atoms with Crippen LogP contribution in [0.1, 0.15) is 27.7 Å². The summed E-state index contributed by atoms with van der Waals surface area (Å²) in [5, 5.41) is 11.5. The smallest absolute Gasteiger partial charge is 0.248 e. The standard InChI is InChI=1S/C14H28N2O3/c1-11(6-17)12(18)16-8-14(4,5)10-19-9-13(2,3)7-15/h17H,1,6-10,15H2,2-5H3,(H,16,18). The highest BCUT2D eigenvalue weighted by molar-refractivity contribution is 5.92. The average Bonchev–Trinajstić information content (AvgIpc) is 2.34. The fourth-order valence-corrected chi connectivity index (χ4v) is 1.23. The summed E-state index contributed by atoms with van der Waals surface area (Å²) in [5.41, 5.74) is 5.58. The lowest BCUT2D eigenvalue weighted by Crippen LogP contribution is -2.39. The first kappa shape index (κ1) is 18.1. The molecule has 0 atom stereocenters. The van der Waals surface area contributed by atoms with E-state index >= 15 is 0 Å². The number of carbonyl (C=O) groups excluding carboxylic acids is 1. The molecule has 0 radical (unpaired) electrons. The first-order valence-electron chi connectivity index (χ1n) is 6.48. The Hall–Kier alpha value is -0.910. The molecule has 112 valence electrons. The van der Waals surface area contributed by atoms with Crippen molar-refractivity contribution in [2.75, 3.05) is 32.9 Å². The molecule has 0 aliphatic carbocycles. The fraction of sp³-hybridized carbons (Fsp3) is 0.786. The minimum Gasteiger partial charge on any atom is -0.391 e. The van der Waals surface area contributed by atoms with Crippen molar-refractivity contribution in [2.45, 2.75) is 27.7 Å². The van der Waals surface area contributed by atoms with E-state index in [1.165, 1.54) is 0 Å². The molecule has 0 aromatic heterocycles. The number of hydrogen-bond donors (Lipinski definition) is 3. The molecule has 0 unspecified atom stereocenters. The molecule has 0 bridgehead atoms. The fourth-order valence-electron chi connectivity index (χ4n) is 1.23. The molecule has 5 nitrogen and oxygen atoms in total. The Balaban J connectivity index is 4.05. The Morgan fingerprint density at radius 3 is 2.26 bits per heavy atom. The van der Waals surface area contributed by atoms with Gasteiger partial charge >= 0.3 is 0 Å².